The Morgan fingerprint density at radius 2 is 2.16 bits per heavy atom. The molecule has 0 bridgehead atoms. The zero-order valence-electron chi connectivity index (χ0n) is 9.73. The Balaban J connectivity index is 1.88. The molecule has 0 atom stereocenters. The van der Waals surface area contributed by atoms with Gasteiger partial charge in [-0.3, -0.25) is 5.10 Å². The predicted molar refractivity (Wildman–Crippen MR) is 73.9 cm³/mol. The molecule has 96 valence electrons. The van der Waals surface area contributed by atoms with Gasteiger partial charge >= 0.3 is 0 Å². The topological polar surface area (TPSA) is 41.6 Å². The van der Waals surface area contributed by atoms with E-state index in [1.807, 2.05) is 17.5 Å². The zero-order chi connectivity index (χ0) is 13.2. The second-order valence-electron chi connectivity index (χ2n) is 3.96. The summed E-state index contributed by atoms with van der Waals surface area (Å²) >= 11 is 7.54. The number of aromatic nitrogens is 3. The summed E-state index contributed by atoms with van der Waals surface area (Å²) in [5, 5.41) is 9.29. The lowest BCUT2D eigenvalue weighted by Crippen LogP contribution is -1.96. The third kappa shape index (κ3) is 2.52. The maximum absolute atomic E-state index is 13.7. The van der Waals surface area contributed by atoms with Crippen molar-refractivity contribution in [3.8, 4) is 10.7 Å². The number of hydrogen-bond donors (Lipinski definition) is 1. The van der Waals surface area contributed by atoms with E-state index in [1.54, 1.807) is 23.5 Å². The van der Waals surface area contributed by atoms with Gasteiger partial charge in [-0.05, 0) is 23.6 Å². The molecule has 0 saturated carbocycles. The number of H-pyrrole nitrogens is 1. The summed E-state index contributed by atoms with van der Waals surface area (Å²) in [5.74, 6) is 0.884. The summed E-state index contributed by atoms with van der Waals surface area (Å²) in [5.41, 5.74) is 0.429. The summed E-state index contributed by atoms with van der Waals surface area (Å²) < 4.78 is 13.7. The molecule has 0 aliphatic carbocycles. The average molecular weight is 294 g/mol. The van der Waals surface area contributed by atoms with Crippen LogP contribution >= 0.6 is 22.9 Å². The standard InChI is InChI=1S/C13H9ClFN3S/c14-9-3-1-4-10(15)8(9)7-12-16-13(18-17-12)11-5-2-6-19-11/h1-6H,7H2,(H,16,17,18). The van der Waals surface area contributed by atoms with Crippen molar-refractivity contribution in [3.63, 3.8) is 0 Å². The van der Waals surface area contributed by atoms with Crippen LogP contribution in [0, 0.1) is 5.82 Å². The first-order valence-electron chi connectivity index (χ1n) is 5.62. The Hall–Kier alpha value is -1.72. The number of hydrogen-bond acceptors (Lipinski definition) is 3. The van der Waals surface area contributed by atoms with Gasteiger partial charge in [0.1, 0.15) is 11.6 Å². The molecule has 2 aromatic heterocycles. The third-order valence-corrected chi connectivity index (χ3v) is 3.90. The highest BCUT2D eigenvalue weighted by atomic mass is 35.5. The number of rotatable bonds is 3. The SMILES string of the molecule is Fc1cccc(Cl)c1Cc1nc(-c2cccs2)n[nH]1. The molecule has 0 aliphatic heterocycles. The molecule has 0 spiro atoms. The second kappa shape index (κ2) is 5.11. The number of aromatic amines is 1. The van der Waals surface area contributed by atoms with Gasteiger partial charge in [-0.1, -0.05) is 23.7 Å². The zero-order valence-corrected chi connectivity index (χ0v) is 11.3. The molecule has 0 fully saturated rings. The molecule has 2 heterocycles. The fourth-order valence-corrected chi connectivity index (χ4v) is 2.65. The van der Waals surface area contributed by atoms with E-state index in [0.29, 0.717) is 28.7 Å². The van der Waals surface area contributed by atoms with Gasteiger partial charge in [0.15, 0.2) is 5.82 Å². The highest BCUT2D eigenvalue weighted by Crippen LogP contribution is 2.23. The van der Waals surface area contributed by atoms with Crippen LogP contribution in [-0.4, -0.2) is 15.2 Å². The minimum absolute atomic E-state index is 0.296. The molecular formula is C13H9ClFN3S. The maximum Gasteiger partial charge on any atom is 0.191 e. The monoisotopic (exact) mass is 293 g/mol. The lowest BCUT2D eigenvalue weighted by Gasteiger charge is -2.02. The van der Waals surface area contributed by atoms with E-state index < -0.39 is 0 Å². The smallest absolute Gasteiger partial charge is 0.191 e. The molecule has 1 N–H and O–H groups in total. The molecule has 0 radical (unpaired) electrons. The number of nitrogens with zero attached hydrogens (tertiary/aromatic N) is 2. The summed E-state index contributed by atoms with van der Waals surface area (Å²) in [7, 11) is 0. The van der Waals surface area contributed by atoms with Crippen LogP contribution < -0.4 is 0 Å². The lowest BCUT2D eigenvalue weighted by atomic mass is 10.1. The first-order chi connectivity index (χ1) is 9.24. The largest absolute Gasteiger partial charge is 0.262 e. The molecule has 0 aliphatic rings. The number of thiophene rings is 1. The number of benzene rings is 1. The highest BCUT2D eigenvalue weighted by molar-refractivity contribution is 7.13. The first kappa shape index (κ1) is 12.3. The Morgan fingerprint density at radius 1 is 1.26 bits per heavy atom. The number of nitrogens with one attached hydrogen (secondary N) is 1. The van der Waals surface area contributed by atoms with Gasteiger partial charge in [0.05, 0.1) is 4.88 Å². The fourth-order valence-electron chi connectivity index (χ4n) is 1.76. The van der Waals surface area contributed by atoms with E-state index in [1.165, 1.54) is 6.07 Å². The molecule has 1 aromatic carbocycles. The van der Waals surface area contributed by atoms with Crippen molar-refractivity contribution in [2.24, 2.45) is 0 Å². The summed E-state index contributed by atoms with van der Waals surface area (Å²) in [6, 6.07) is 8.50. The van der Waals surface area contributed by atoms with E-state index >= 15 is 0 Å². The molecule has 0 amide bonds. The van der Waals surface area contributed by atoms with E-state index in [-0.39, 0.29) is 5.82 Å². The number of halogens is 2. The van der Waals surface area contributed by atoms with Gasteiger partial charge in [-0.25, -0.2) is 9.37 Å². The van der Waals surface area contributed by atoms with Crippen molar-refractivity contribution in [2.75, 3.05) is 0 Å². The van der Waals surface area contributed by atoms with Crippen molar-refractivity contribution in [2.45, 2.75) is 6.42 Å². The molecule has 3 aromatic rings. The van der Waals surface area contributed by atoms with Crippen LogP contribution in [0.25, 0.3) is 10.7 Å². The van der Waals surface area contributed by atoms with Gasteiger partial charge in [-0.15, -0.1) is 11.3 Å². The molecule has 19 heavy (non-hydrogen) atoms. The molecule has 3 rings (SSSR count). The van der Waals surface area contributed by atoms with E-state index in [4.69, 9.17) is 11.6 Å². The third-order valence-electron chi connectivity index (χ3n) is 2.68. The van der Waals surface area contributed by atoms with Gasteiger partial charge in [-0.2, -0.15) is 5.10 Å². The van der Waals surface area contributed by atoms with Crippen molar-refractivity contribution in [1.29, 1.82) is 0 Å². The van der Waals surface area contributed by atoms with Gasteiger partial charge in [0, 0.05) is 17.0 Å². The van der Waals surface area contributed by atoms with Crippen molar-refractivity contribution < 1.29 is 4.39 Å². The highest BCUT2D eigenvalue weighted by Gasteiger charge is 2.12. The Labute approximate surface area is 118 Å². The van der Waals surface area contributed by atoms with Gasteiger partial charge in [0.2, 0.25) is 0 Å². The second-order valence-corrected chi connectivity index (χ2v) is 5.31. The lowest BCUT2D eigenvalue weighted by molar-refractivity contribution is 0.612. The van der Waals surface area contributed by atoms with Crippen LogP contribution in [0.15, 0.2) is 35.7 Å². The minimum atomic E-state index is -0.332. The summed E-state index contributed by atoms with van der Waals surface area (Å²) in [4.78, 5) is 5.32. The van der Waals surface area contributed by atoms with Gasteiger partial charge < -0.3 is 0 Å². The first-order valence-corrected chi connectivity index (χ1v) is 6.88. The van der Waals surface area contributed by atoms with E-state index in [9.17, 15) is 4.39 Å². The van der Waals surface area contributed by atoms with Crippen LogP contribution in [0.3, 0.4) is 0 Å². The van der Waals surface area contributed by atoms with Crippen LogP contribution in [0.5, 0.6) is 0 Å². The Bertz CT molecular complexity index is 673. The normalized spacial score (nSPS) is 10.8. The Kier molecular flexibility index (Phi) is 3.31. The fraction of sp³-hybridized carbons (Fsp3) is 0.0769. The van der Waals surface area contributed by atoms with Crippen molar-refractivity contribution in [3.05, 3.63) is 57.9 Å². The summed E-state index contributed by atoms with van der Waals surface area (Å²) in [6.45, 7) is 0. The van der Waals surface area contributed by atoms with Crippen LogP contribution in [0.4, 0.5) is 4.39 Å². The van der Waals surface area contributed by atoms with Crippen molar-refractivity contribution in [1.82, 2.24) is 15.2 Å². The van der Waals surface area contributed by atoms with Crippen LogP contribution in [0.2, 0.25) is 5.02 Å². The van der Waals surface area contributed by atoms with Gasteiger partial charge in [0.25, 0.3) is 0 Å². The molecule has 0 saturated heterocycles. The maximum atomic E-state index is 13.7. The average Bonchev–Trinajstić information content (AvgIpc) is 3.04. The van der Waals surface area contributed by atoms with Crippen LogP contribution in [-0.2, 0) is 6.42 Å². The van der Waals surface area contributed by atoms with E-state index in [2.05, 4.69) is 15.2 Å². The molecular weight excluding hydrogens is 285 g/mol. The summed E-state index contributed by atoms with van der Waals surface area (Å²) in [6.07, 6.45) is 0.296. The minimum Gasteiger partial charge on any atom is -0.262 e. The molecule has 6 heteroatoms. The van der Waals surface area contributed by atoms with Crippen LogP contribution in [0.1, 0.15) is 11.4 Å². The Morgan fingerprint density at radius 3 is 2.89 bits per heavy atom. The molecule has 0 unspecified atom stereocenters. The quantitative estimate of drug-likeness (QED) is 0.795. The predicted octanol–water partition coefficient (Wildman–Crippen LogP) is 3.92. The molecule has 3 nitrogen and oxygen atoms in total. The van der Waals surface area contributed by atoms with E-state index in [0.717, 1.165) is 4.88 Å². The van der Waals surface area contributed by atoms with Crippen molar-refractivity contribution >= 4 is 22.9 Å².